The lowest BCUT2D eigenvalue weighted by Gasteiger charge is -2.03. The van der Waals surface area contributed by atoms with E-state index in [1.165, 1.54) is 12.1 Å². The molecule has 3 nitrogen and oxygen atoms in total. The molecule has 0 aromatic heterocycles. The minimum atomic E-state index is -0.698. The van der Waals surface area contributed by atoms with Crippen molar-refractivity contribution in [1.82, 2.24) is 0 Å². The van der Waals surface area contributed by atoms with Gasteiger partial charge in [0, 0.05) is 11.1 Å². The quantitative estimate of drug-likeness (QED) is 0.457. The van der Waals surface area contributed by atoms with Crippen molar-refractivity contribution in [3.63, 3.8) is 0 Å². The zero-order valence-electron chi connectivity index (χ0n) is 7.00. The number of hydrogen-bond donors (Lipinski definition) is 0. The van der Waals surface area contributed by atoms with E-state index in [4.69, 9.17) is 23.2 Å². The molecule has 1 aromatic rings. The van der Waals surface area contributed by atoms with Crippen LogP contribution in [0, 0.1) is 0 Å². The molecule has 0 heterocycles. The van der Waals surface area contributed by atoms with Crippen molar-refractivity contribution in [3.05, 3.63) is 40.9 Å². The Bertz CT molecular complexity index is 363. The van der Waals surface area contributed by atoms with Crippen molar-refractivity contribution >= 4 is 29.2 Å². The van der Waals surface area contributed by atoms with Crippen LogP contribution in [0.5, 0.6) is 5.75 Å². The summed E-state index contributed by atoms with van der Waals surface area (Å²) >= 11 is 11.4. The van der Waals surface area contributed by atoms with Gasteiger partial charge >= 0.3 is 5.97 Å². The number of halogens is 2. The second-order valence-electron chi connectivity index (χ2n) is 2.26. The molecule has 74 valence electrons. The Kier molecular flexibility index (Phi) is 3.80. The van der Waals surface area contributed by atoms with Gasteiger partial charge in [0.15, 0.2) is 5.75 Å². The number of hydrogen-bond acceptors (Lipinski definition) is 3. The molecule has 0 spiro atoms. The van der Waals surface area contributed by atoms with Crippen LogP contribution in [-0.2, 0) is 9.68 Å². The maximum Gasteiger partial charge on any atom is 0.378 e. The molecular weight excluding hydrogens is 227 g/mol. The van der Waals surface area contributed by atoms with Crippen LogP contribution in [0.4, 0.5) is 0 Å². The highest BCUT2D eigenvalue weighted by molar-refractivity contribution is 6.35. The Hall–Kier alpha value is -1.19. The van der Waals surface area contributed by atoms with Gasteiger partial charge in [0.25, 0.3) is 0 Å². The molecule has 5 heteroatoms. The second kappa shape index (κ2) is 4.88. The summed E-state index contributed by atoms with van der Waals surface area (Å²) in [5, 5.41) is 0.728. The molecular formula is C9H6Cl2O3. The average molecular weight is 233 g/mol. The Morgan fingerprint density at radius 2 is 2.14 bits per heavy atom. The summed E-state index contributed by atoms with van der Waals surface area (Å²) in [6.07, 6.45) is 0.976. The van der Waals surface area contributed by atoms with Crippen LogP contribution in [0.25, 0.3) is 0 Å². The van der Waals surface area contributed by atoms with Crippen LogP contribution >= 0.6 is 23.2 Å². The highest BCUT2D eigenvalue weighted by Gasteiger charge is 2.05. The van der Waals surface area contributed by atoms with E-state index < -0.39 is 5.97 Å². The fourth-order valence-corrected chi connectivity index (χ4v) is 1.10. The molecule has 0 unspecified atom stereocenters. The van der Waals surface area contributed by atoms with E-state index in [-0.39, 0.29) is 10.8 Å². The van der Waals surface area contributed by atoms with Gasteiger partial charge in [-0.05, 0) is 18.2 Å². The van der Waals surface area contributed by atoms with Crippen LogP contribution in [0.15, 0.2) is 30.9 Å². The maximum atomic E-state index is 10.6. The lowest BCUT2D eigenvalue weighted by atomic mass is 10.3. The van der Waals surface area contributed by atoms with Gasteiger partial charge in [-0.25, -0.2) is 9.68 Å². The second-order valence-corrected chi connectivity index (χ2v) is 3.11. The molecule has 1 aromatic carbocycles. The molecule has 0 aliphatic heterocycles. The predicted octanol–water partition coefficient (Wildman–Crippen LogP) is 3.02. The van der Waals surface area contributed by atoms with Gasteiger partial charge in [0.1, 0.15) is 0 Å². The smallest absolute Gasteiger partial charge is 0.285 e. The summed E-state index contributed by atoms with van der Waals surface area (Å²) in [6.45, 7) is 3.20. The maximum absolute atomic E-state index is 10.6. The first-order valence-corrected chi connectivity index (χ1v) is 4.35. The third-order valence-electron chi connectivity index (χ3n) is 1.27. The van der Waals surface area contributed by atoms with Gasteiger partial charge < -0.3 is 0 Å². The molecule has 0 atom stereocenters. The Labute approximate surface area is 90.8 Å². The van der Waals surface area contributed by atoms with E-state index in [1.807, 2.05) is 0 Å². The molecule has 1 rings (SSSR count). The first-order chi connectivity index (χ1) is 6.63. The van der Waals surface area contributed by atoms with Crippen LogP contribution in [0.3, 0.4) is 0 Å². The minimum absolute atomic E-state index is 0.214. The van der Waals surface area contributed by atoms with Gasteiger partial charge in [-0.1, -0.05) is 29.8 Å². The van der Waals surface area contributed by atoms with E-state index in [1.54, 1.807) is 6.07 Å². The largest absolute Gasteiger partial charge is 0.378 e. The molecule has 0 bridgehead atoms. The molecule has 0 saturated heterocycles. The van der Waals surface area contributed by atoms with E-state index in [9.17, 15) is 4.79 Å². The zero-order chi connectivity index (χ0) is 10.6. The van der Waals surface area contributed by atoms with Gasteiger partial charge in [-0.3, -0.25) is 4.89 Å². The average Bonchev–Trinajstić information content (AvgIpc) is 2.16. The topological polar surface area (TPSA) is 35.5 Å². The van der Waals surface area contributed by atoms with E-state index in [2.05, 4.69) is 16.4 Å². The first kappa shape index (κ1) is 10.9. The van der Waals surface area contributed by atoms with Crippen molar-refractivity contribution in [2.24, 2.45) is 0 Å². The van der Waals surface area contributed by atoms with Gasteiger partial charge in [-0.2, -0.15) is 0 Å². The standard InChI is InChI=1S/C9H6Cl2O3/c1-2-9(12)14-13-8-4-3-6(10)5-7(8)11/h2-5H,1H2. The van der Waals surface area contributed by atoms with Crippen molar-refractivity contribution < 1.29 is 14.6 Å². The van der Waals surface area contributed by atoms with E-state index >= 15 is 0 Å². The third-order valence-corrected chi connectivity index (χ3v) is 1.80. The first-order valence-electron chi connectivity index (χ1n) is 3.59. The SMILES string of the molecule is C=CC(=O)OOc1ccc(Cl)cc1Cl. The monoisotopic (exact) mass is 232 g/mol. The Balaban J connectivity index is 2.68. The van der Waals surface area contributed by atoms with E-state index in [0.29, 0.717) is 5.02 Å². The summed E-state index contributed by atoms with van der Waals surface area (Å²) in [5.74, 6) is -0.484. The molecule has 0 amide bonds. The normalized spacial score (nSPS) is 9.29. The number of benzene rings is 1. The Morgan fingerprint density at radius 3 is 2.71 bits per heavy atom. The Morgan fingerprint density at radius 1 is 1.43 bits per heavy atom. The lowest BCUT2D eigenvalue weighted by molar-refractivity contribution is -0.207. The van der Waals surface area contributed by atoms with Crippen molar-refractivity contribution in [2.45, 2.75) is 0 Å². The van der Waals surface area contributed by atoms with Crippen molar-refractivity contribution in [2.75, 3.05) is 0 Å². The third kappa shape index (κ3) is 2.94. The summed E-state index contributed by atoms with van der Waals surface area (Å²) in [4.78, 5) is 19.6. The minimum Gasteiger partial charge on any atom is -0.285 e. The van der Waals surface area contributed by atoms with E-state index in [0.717, 1.165) is 6.08 Å². The molecule has 0 aliphatic rings. The van der Waals surface area contributed by atoms with Gasteiger partial charge in [0.2, 0.25) is 0 Å². The predicted molar refractivity (Wildman–Crippen MR) is 53.4 cm³/mol. The summed E-state index contributed by atoms with van der Waals surface area (Å²) in [7, 11) is 0. The molecule has 0 fully saturated rings. The van der Waals surface area contributed by atoms with Crippen LogP contribution in [0.1, 0.15) is 0 Å². The number of rotatable bonds is 3. The summed E-state index contributed by atoms with van der Waals surface area (Å²) in [5.41, 5.74) is 0. The highest BCUT2D eigenvalue weighted by Crippen LogP contribution is 2.27. The van der Waals surface area contributed by atoms with Crippen molar-refractivity contribution in [1.29, 1.82) is 0 Å². The summed E-state index contributed by atoms with van der Waals surface area (Å²) < 4.78 is 0. The van der Waals surface area contributed by atoms with Crippen LogP contribution < -0.4 is 4.89 Å². The molecule has 0 radical (unpaired) electrons. The number of carbonyl (C=O) groups excluding carboxylic acids is 1. The highest BCUT2D eigenvalue weighted by atomic mass is 35.5. The van der Waals surface area contributed by atoms with Gasteiger partial charge in [0.05, 0.1) is 5.02 Å². The molecule has 0 aliphatic carbocycles. The molecule has 0 N–H and O–H groups in total. The fourth-order valence-electron chi connectivity index (χ4n) is 0.663. The lowest BCUT2D eigenvalue weighted by Crippen LogP contribution is -2.04. The zero-order valence-corrected chi connectivity index (χ0v) is 8.51. The fraction of sp³-hybridized carbons (Fsp3) is 0. The molecule has 0 saturated carbocycles. The molecule has 14 heavy (non-hydrogen) atoms. The summed E-state index contributed by atoms with van der Waals surface area (Å²) in [6, 6.07) is 4.52. The van der Waals surface area contributed by atoms with Crippen molar-refractivity contribution in [3.8, 4) is 5.75 Å². The van der Waals surface area contributed by atoms with Crippen LogP contribution in [-0.4, -0.2) is 5.97 Å². The van der Waals surface area contributed by atoms with Gasteiger partial charge in [-0.15, -0.1) is 0 Å². The number of carbonyl (C=O) groups is 1. The van der Waals surface area contributed by atoms with Crippen LogP contribution in [0.2, 0.25) is 10.0 Å².